The van der Waals surface area contributed by atoms with E-state index in [1.165, 1.54) is 18.1 Å². The van der Waals surface area contributed by atoms with Gasteiger partial charge in [-0.15, -0.1) is 0 Å². The average molecular weight is 327 g/mol. The number of aromatic amines is 1. The van der Waals surface area contributed by atoms with Crippen molar-refractivity contribution in [2.75, 3.05) is 32.1 Å². The van der Waals surface area contributed by atoms with Gasteiger partial charge >= 0.3 is 0 Å². The molecular formula is C17H21N5O2. The van der Waals surface area contributed by atoms with Gasteiger partial charge < -0.3 is 14.8 Å². The summed E-state index contributed by atoms with van der Waals surface area (Å²) in [4.78, 5) is 38.8. The summed E-state index contributed by atoms with van der Waals surface area (Å²) in [5, 5.41) is 0. The maximum Gasteiger partial charge on any atom is 0.263 e. The van der Waals surface area contributed by atoms with Crippen LogP contribution in [0.1, 0.15) is 34.7 Å². The quantitative estimate of drug-likeness (QED) is 0.917. The van der Waals surface area contributed by atoms with E-state index in [1.54, 1.807) is 11.1 Å². The van der Waals surface area contributed by atoms with Crippen molar-refractivity contribution in [3.63, 3.8) is 0 Å². The maximum atomic E-state index is 12.6. The second-order valence-corrected chi connectivity index (χ2v) is 6.23. The highest BCUT2D eigenvalue weighted by molar-refractivity contribution is 5.93. The van der Waals surface area contributed by atoms with Crippen molar-refractivity contribution < 1.29 is 4.79 Å². The van der Waals surface area contributed by atoms with Gasteiger partial charge in [0.1, 0.15) is 11.4 Å². The zero-order valence-electron chi connectivity index (χ0n) is 13.9. The van der Waals surface area contributed by atoms with Gasteiger partial charge in [-0.2, -0.15) is 0 Å². The molecule has 2 aromatic rings. The van der Waals surface area contributed by atoms with E-state index in [-0.39, 0.29) is 17.4 Å². The fourth-order valence-corrected chi connectivity index (χ4v) is 3.03. The van der Waals surface area contributed by atoms with E-state index >= 15 is 0 Å². The van der Waals surface area contributed by atoms with Crippen molar-refractivity contribution in [3.8, 4) is 0 Å². The van der Waals surface area contributed by atoms with Gasteiger partial charge in [-0.1, -0.05) is 0 Å². The number of aromatic nitrogens is 3. The first kappa shape index (κ1) is 16.2. The molecule has 0 aliphatic carbocycles. The molecule has 1 aliphatic rings. The van der Waals surface area contributed by atoms with Crippen molar-refractivity contribution in [1.82, 2.24) is 19.9 Å². The van der Waals surface area contributed by atoms with Gasteiger partial charge in [-0.25, -0.2) is 9.97 Å². The summed E-state index contributed by atoms with van der Waals surface area (Å²) in [7, 11) is 3.91. The second kappa shape index (κ2) is 6.82. The number of carbonyl (C=O) groups excluding carboxylic acids is 1. The molecule has 24 heavy (non-hydrogen) atoms. The van der Waals surface area contributed by atoms with Crippen LogP contribution in [-0.2, 0) is 0 Å². The number of anilines is 1. The molecule has 0 aromatic carbocycles. The first-order chi connectivity index (χ1) is 11.6. The predicted octanol–water partition coefficient (Wildman–Crippen LogP) is 1.25. The number of amides is 1. The van der Waals surface area contributed by atoms with Crippen LogP contribution in [0.2, 0.25) is 0 Å². The third-order valence-electron chi connectivity index (χ3n) is 4.36. The summed E-state index contributed by atoms with van der Waals surface area (Å²) in [5.74, 6) is 0.899. The molecule has 7 heteroatoms. The van der Waals surface area contributed by atoms with E-state index in [1.807, 2.05) is 25.1 Å². The zero-order valence-corrected chi connectivity index (χ0v) is 13.9. The lowest BCUT2D eigenvalue weighted by atomic mass is 9.91. The highest BCUT2D eigenvalue weighted by atomic mass is 16.2. The molecule has 3 rings (SSSR count). The molecular weight excluding hydrogens is 306 g/mol. The Bertz CT molecular complexity index is 786. The summed E-state index contributed by atoms with van der Waals surface area (Å²) >= 11 is 0. The molecule has 1 aliphatic heterocycles. The van der Waals surface area contributed by atoms with E-state index in [4.69, 9.17) is 0 Å². The fraction of sp³-hybridized carbons (Fsp3) is 0.412. The van der Waals surface area contributed by atoms with Gasteiger partial charge in [0.15, 0.2) is 0 Å². The molecule has 0 unspecified atom stereocenters. The predicted molar refractivity (Wildman–Crippen MR) is 91.3 cm³/mol. The number of hydrogen-bond acceptors (Lipinski definition) is 5. The van der Waals surface area contributed by atoms with Gasteiger partial charge in [0, 0.05) is 45.5 Å². The maximum absolute atomic E-state index is 12.6. The van der Waals surface area contributed by atoms with Gasteiger partial charge in [-0.3, -0.25) is 9.59 Å². The Kier molecular flexibility index (Phi) is 4.59. The molecule has 0 bridgehead atoms. The zero-order chi connectivity index (χ0) is 17.1. The third kappa shape index (κ3) is 3.29. The molecule has 0 radical (unpaired) electrons. The average Bonchev–Trinajstić information content (AvgIpc) is 2.62. The van der Waals surface area contributed by atoms with Gasteiger partial charge in [0.2, 0.25) is 0 Å². The molecule has 1 saturated heterocycles. The number of carbonyl (C=O) groups is 1. The largest absolute Gasteiger partial charge is 0.363 e. The van der Waals surface area contributed by atoms with E-state index in [0.29, 0.717) is 13.1 Å². The summed E-state index contributed by atoms with van der Waals surface area (Å²) in [5.41, 5.74) is 0.879. The monoisotopic (exact) mass is 327 g/mol. The second-order valence-electron chi connectivity index (χ2n) is 6.23. The number of hydrogen-bond donors (Lipinski definition) is 1. The van der Waals surface area contributed by atoms with Gasteiger partial charge in [0.05, 0.1) is 6.33 Å². The first-order valence-corrected chi connectivity index (χ1v) is 8.01. The number of nitrogens with one attached hydrogen (secondary N) is 1. The molecule has 2 aromatic heterocycles. The molecule has 0 spiro atoms. The highest BCUT2D eigenvalue weighted by Gasteiger charge is 2.27. The van der Waals surface area contributed by atoms with Crippen LogP contribution < -0.4 is 10.5 Å². The van der Waals surface area contributed by atoms with Crippen molar-refractivity contribution >= 4 is 11.7 Å². The molecule has 1 atom stereocenters. The Labute approximate surface area is 140 Å². The van der Waals surface area contributed by atoms with E-state index in [0.717, 1.165) is 18.7 Å². The highest BCUT2D eigenvalue weighted by Crippen LogP contribution is 2.28. The van der Waals surface area contributed by atoms with Crippen molar-refractivity contribution in [2.45, 2.75) is 18.8 Å². The molecule has 3 heterocycles. The van der Waals surface area contributed by atoms with Gasteiger partial charge in [-0.05, 0) is 30.5 Å². The Morgan fingerprint density at radius 2 is 2.25 bits per heavy atom. The Morgan fingerprint density at radius 3 is 3.00 bits per heavy atom. The Hall–Kier alpha value is -2.70. The van der Waals surface area contributed by atoms with Crippen molar-refractivity contribution in [1.29, 1.82) is 0 Å². The van der Waals surface area contributed by atoms with Crippen molar-refractivity contribution in [3.05, 3.63) is 52.3 Å². The minimum atomic E-state index is -0.393. The first-order valence-electron chi connectivity index (χ1n) is 8.01. The summed E-state index contributed by atoms with van der Waals surface area (Å²) < 4.78 is 0. The molecule has 126 valence electrons. The lowest BCUT2D eigenvalue weighted by molar-refractivity contribution is 0.0705. The molecule has 0 saturated carbocycles. The topological polar surface area (TPSA) is 82.2 Å². The molecule has 1 fully saturated rings. The minimum absolute atomic E-state index is 0.0989. The van der Waals surface area contributed by atoms with Crippen LogP contribution in [0.4, 0.5) is 5.82 Å². The van der Waals surface area contributed by atoms with E-state index < -0.39 is 5.56 Å². The molecule has 1 amide bonds. The van der Waals surface area contributed by atoms with Crippen LogP contribution in [0.25, 0.3) is 0 Å². The smallest absolute Gasteiger partial charge is 0.263 e. The minimum Gasteiger partial charge on any atom is -0.363 e. The number of H-pyrrole nitrogens is 1. The number of likely N-dealkylation sites (tertiary alicyclic amines) is 1. The van der Waals surface area contributed by atoms with Gasteiger partial charge in [0.25, 0.3) is 11.5 Å². The van der Waals surface area contributed by atoms with Crippen LogP contribution >= 0.6 is 0 Å². The summed E-state index contributed by atoms with van der Waals surface area (Å²) in [6.07, 6.45) is 6.36. The third-order valence-corrected chi connectivity index (χ3v) is 4.36. The molecule has 7 nitrogen and oxygen atoms in total. The van der Waals surface area contributed by atoms with Crippen LogP contribution in [0, 0.1) is 0 Å². The SMILES string of the molecule is CN(C)c1cc([C@@H]2CCCN(C(=O)c3cnc[nH]c3=O)C2)ccn1. The lowest BCUT2D eigenvalue weighted by Gasteiger charge is -2.33. The van der Waals surface area contributed by atoms with Crippen LogP contribution in [0.15, 0.2) is 35.6 Å². The van der Waals surface area contributed by atoms with Crippen LogP contribution in [0.3, 0.4) is 0 Å². The molecule has 1 N–H and O–H groups in total. The number of piperidine rings is 1. The van der Waals surface area contributed by atoms with Crippen molar-refractivity contribution in [2.24, 2.45) is 0 Å². The summed E-state index contributed by atoms with van der Waals surface area (Å²) in [6.45, 7) is 1.26. The number of nitrogens with zero attached hydrogens (tertiary/aromatic N) is 4. The standard InChI is InChI=1S/C17H21N5O2/c1-21(2)15-8-12(5-6-19-15)13-4-3-7-22(10-13)17(24)14-9-18-11-20-16(14)23/h5-6,8-9,11,13H,3-4,7,10H2,1-2H3,(H,18,20,23)/t13-/m1/s1. The lowest BCUT2D eigenvalue weighted by Crippen LogP contribution is -2.41. The fourth-order valence-electron chi connectivity index (χ4n) is 3.03. The Morgan fingerprint density at radius 1 is 1.42 bits per heavy atom. The number of rotatable bonds is 3. The number of pyridine rings is 1. The summed E-state index contributed by atoms with van der Waals surface area (Å²) in [6, 6.07) is 4.07. The normalized spacial score (nSPS) is 17.6. The Balaban J connectivity index is 1.80. The van der Waals surface area contributed by atoms with Crippen LogP contribution in [0.5, 0.6) is 0 Å². The van der Waals surface area contributed by atoms with Crippen LogP contribution in [-0.4, -0.2) is 52.9 Å². The van der Waals surface area contributed by atoms with E-state index in [9.17, 15) is 9.59 Å². The van der Waals surface area contributed by atoms with E-state index in [2.05, 4.69) is 21.0 Å².